The van der Waals surface area contributed by atoms with Gasteiger partial charge in [0.15, 0.2) is 23.0 Å². The number of halogens is 1. The number of hydrogen-bond acceptors (Lipinski definition) is 9. The molecule has 4 aromatic rings. The zero-order chi connectivity index (χ0) is 33.3. The Bertz CT molecular complexity index is 1670. The summed E-state index contributed by atoms with van der Waals surface area (Å²) in [6.45, 7) is -0.133. The van der Waals surface area contributed by atoms with Crippen LogP contribution in [0.2, 0.25) is 0 Å². The van der Waals surface area contributed by atoms with Crippen molar-refractivity contribution in [2.75, 3.05) is 35.0 Å². The highest BCUT2D eigenvalue weighted by atomic mass is 19.1. The average Bonchev–Trinajstić information content (AvgIpc) is 3.79. The standard InChI is InChI=1S/C34H39FN6O6/c1-44-27-15-9-22(19-29(27)46-3)17-18-40(32(23-10-13-25(35)14-11-23)34(43)36-26-7-5-6-8-26)31(42)21-41-38-33(37-39-41)24-12-16-28(45-2)30(20-24)47-4/h9-16,19-20,26,32H,5-8,17-18,21H2,1-4H3,(H,36,43)/t32-/m0/s1. The van der Waals surface area contributed by atoms with Crippen molar-refractivity contribution in [2.24, 2.45) is 0 Å². The summed E-state index contributed by atoms with van der Waals surface area (Å²) >= 11 is 0. The van der Waals surface area contributed by atoms with E-state index < -0.39 is 17.8 Å². The van der Waals surface area contributed by atoms with Crippen LogP contribution in [0.25, 0.3) is 11.4 Å². The van der Waals surface area contributed by atoms with Gasteiger partial charge in [-0.1, -0.05) is 31.0 Å². The minimum atomic E-state index is -1.03. The van der Waals surface area contributed by atoms with E-state index in [1.165, 1.54) is 41.1 Å². The molecule has 0 aliphatic heterocycles. The Morgan fingerprint density at radius 1 is 0.894 bits per heavy atom. The van der Waals surface area contributed by atoms with Gasteiger partial charge in [0.2, 0.25) is 17.6 Å². The van der Waals surface area contributed by atoms with E-state index in [0.29, 0.717) is 40.5 Å². The van der Waals surface area contributed by atoms with Crippen molar-refractivity contribution in [3.63, 3.8) is 0 Å². The molecule has 0 spiro atoms. The molecule has 0 saturated heterocycles. The molecule has 3 aromatic carbocycles. The van der Waals surface area contributed by atoms with E-state index in [2.05, 4.69) is 20.7 Å². The number of carbonyl (C=O) groups is 2. The average molecular weight is 647 g/mol. The first-order valence-electron chi connectivity index (χ1n) is 15.4. The predicted octanol–water partition coefficient (Wildman–Crippen LogP) is 4.39. The monoisotopic (exact) mass is 646 g/mol. The third kappa shape index (κ3) is 7.97. The first-order valence-corrected chi connectivity index (χ1v) is 15.4. The molecule has 47 heavy (non-hydrogen) atoms. The van der Waals surface area contributed by atoms with Crippen molar-refractivity contribution in [3.05, 3.63) is 77.6 Å². The maximum atomic E-state index is 14.2. The number of nitrogens with zero attached hydrogens (tertiary/aromatic N) is 5. The summed E-state index contributed by atoms with van der Waals surface area (Å²) in [4.78, 5) is 30.8. The maximum absolute atomic E-state index is 14.2. The molecular weight excluding hydrogens is 607 g/mol. The van der Waals surface area contributed by atoms with Gasteiger partial charge >= 0.3 is 0 Å². The largest absolute Gasteiger partial charge is 0.493 e. The number of nitrogens with one attached hydrogen (secondary N) is 1. The minimum absolute atomic E-state index is 0.00859. The summed E-state index contributed by atoms with van der Waals surface area (Å²) in [5.74, 6) is 1.25. The second kappa shape index (κ2) is 15.4. The van der Waals surface area contributed by atoms with Crippen molar-refractivity contribution in [3.8, 4) is 34.4 Å². The van der Waals surface area contributed by atoms with E-state index >= 15 is 0 Å². The van der Waals surface area contributed by atoms with E-state index in [0.717, 1.165) is 31.2 Å². The van der Waals surface area contributed by atoms with Gasteiger partial charge < -0.3 is 29.2 Å². The summed E-state index contributed by atoms with van der Waals surface area (Å²) < 4.78 is 35.6. The second-order valence-electron chi connectivity index (χ2n) is 11.2. The Hall–Kier alpha value is -5.20. The Morgan fingerprint density at radius 2 is 1.53 bits per heavy atom. The number of carbonyl (C=O) groups excluding carboxylic acids is 2. The Morgan fingerprint density at radius 3 is 2.19 bits per heavy atom. The first-order chi connectivity index (χ1) is 22.8. The van der Waals surface area contributed by atoms with Gasteiger partial charge in [0.25, 0.3) is 0 Å². The minimum Gasteiger partial charge on any atom is -0.493 e. The van der Waals surface area contributed by atoms with E-state index in [1.54, 1.807) is 45.6 Å². The zero-order valence-corrected chi connectivity index (χ0v) is 26.9. The van der Waals surface area contributed by atoms with Crippen LogP contribution in [0.3, 0.4) is 0 Å². The molecule has 1 aliphatic rings. The van der Waals surface area contributed by atoms with Gasteiger partial charge in [0.1, 0.15) is 18.4 Å². The van der Waals surface area contributed by atoms with Gasteiger partial charge in [-0.2, -0.15) is 4.80 Å². The van der Waals surface area contributed by atoms with E-state index in [9.17, 15) is 14.0 Å². The molecule has 248 valence electrons. The lowest BCUT2D eigenvalue weighted by molar-refractivity contribution is -0.142. The first kappa shape index (κ1) is 33.2. The molecule has 0 unspecified atom stereocenters. The molecule has 1 aromatic heterocycles. The SMILES string of the molecule is COc1ccc(CCN(C(=O)Cn2nnc(-c3ccc(OC)c(OC)c3)n2)[C@H](C(=O)NC2CCCC2)c2ccc(F)cc2)cc1OC. The van der Waals surface area contributed by atoms with Crippen LogP contribution in [0.5, 0.6) is 23.0 Å². The summed E-state index contributed by atoms with van der Waals surface area (Å²) in [7, 11) is 6.18. The van der Waals surface area contributed by atoms with Gasteiger partial charge in [-0.05, 0) is 78.1 Å². The topological polar surface area (TPSA) is 130 Å². The molecule has 12 nitrogen and oxygen atoms in total. The molecule has 0 radical (unpaired) electrons. The van der Waals surface area contributed by atoms with E-state index in [4.69, 9.17) is 18.9 Å². The lowest BCUT2D eigenvalue weighted by atomic mass is 10.0. The molecule has 1 fully saturated rings. The van der Waals surface area contributed by atoms with Crippen LogP contribution in [0.4, 0.5) is 4.39 Å². The van der Waals surface area contributed by atoms with E-state index in [1.807, 2.05) is 12.1 Å². The van der Waals surface area contributed by atoms with Crippen LogP contribution in [0.1, 0.15) is 42.9 Å². The molecule has 1 N–H and O–H groups in total. The van der Waals surface area contributed by atoms with Gasteiger partial charge in [0.05, 0.1) is 28.4 Å². The van der Waals surface area contributed by atoms with Crippen molar-refractivity contribution in [2.45, 2.75) is 50.7 Å². The molecule has 13 heteroatoms. The number of amides is 2. The Labute approximate surface area is 272 Å². The van der Waals surface area contributed by atoms with Crippen LogP contribution in [-0.4, -0.2) is 77.9 Å². The molecule has 1 saturated carbocycles. The number of tetrazole rings is 1. The van der Waals surface area contributed by atoms with E-state index in [-0.39, 0.29) is 30.9 Å². The summed E-state index contributed by atoms with van der Waals surface area (Å²) in [6.07, 6.45) is 4.16. The summed E-state index contributed by atoms with van der Waals surface area (Å²) in [5, 5.41) is 15.8. The quantitative estimate of drug-likeness (QED) is 0.212. The molecule has 2 amide bonds. The number of ether oxygens (including phenoxy) is 4. The van der Waals surface area contributed by atoms with Crippen LogP contribution in [0.15, 0.2) is 60.7 Å². The summed E-state index contributed by atoms with van der Waals surface area (Å²) in [6, 6.07) is 15.3. The van der Waals surface area contributed by atoms with Crippen molar-refractivity contribution in [1.29, 1.82) is 0 Å². The van der Waals surface area contributed by atoms with Gasteiger partial charge in [-0.3, -0.25) is 9.59 Å². The smallest absolute Gasteiger partial charge is 0.247 e. The highest BCUT2D eigenvalue weighted by Gasteiger charge is 2.33. The summed E-state index contributed by atoms with van der Waals surface area (Å²) in [5.41, 5.74) is 1.97. The van der Waals surface area contributed by atoms with Gasteiger partial charge in [-0.25, -0.2) is 4.39 Å². The third-order valence-electron chi connectivity index (χ3n) is 8.23. The number of aromatic nitrogens is 4. The number of hydrogen-bond donors (Lipinski definition) is 1. The van der Waals surface area contributed by atoms with Crippen LogP contribution in [0, 0.1) is 5.82 Å². The van der Waals surface area contributed by atoms with Crippen molar-refractivity contribution >= 4 is 11.8 Å². The van der Waals surface area contributed by atoms with Crippen LogP contribution < -0.4 is 24.3 Å². The Kier molecular flexibility index (Phi) is 10.9. The van der Waals surface area contributed by atoms with Crippen LogP contribution >= 0.6 is 0 Å². The molecule has 0 bridgehead atoms. The third-order valence-corrected chi connectivity index (χ3v) is 8.23. The van der Waals surface area contributed by atoms with Crippen molar-refractivity contribution in [1.82, 2.24) is 30.4 Å². The lowest BCUT2D eigenvalue weighted by Gasteiger charge is -2.32. The second-order valence-corrected chi connectivity index (χ2v) is 11.2. The number of benzene rings is 3. The Balaban J connectivity index is 1.46. The highest BCUT2D eigenvalue weighted by Crippen LogP contribution is 2.32. The zero-order valence-electron chi connectivity index (χ0n) is 26.9. The maximum Gasteiger partial charge on any atom is 0.247 e. The fraction of sp³-hybridized carbons (Fsp3) is 0.382. The molecular formula is C34H39FN6O6. The fourth-order valence-electron chi connectivity index (χ4n) is 5.76. The molecule has 1 heterocycles. The highest BCUT2D eigenvalue weighted by molar-refractivity contribution is 5.89. The number of methoxy groups -OCH3 is 4. The molecule has 5 rings (SSSR count). The van der Waals surface area contributed by atoms with Gasteiger partial charge in [-0.15, -0.1) is 10.2 Å². The van der Waals surface area contributed by atoms with Crippen LogP contribution in [-0.2, 0) is 22.6 Å². The predicted molar refractivity (Wildman–Crippen MR) is 171 cm³/mol. The van der Waals surface area contributed by atoms with Crippen molar-refractivity contribution < 1.29 is 32.9 Å². The molecule has 1 aliphatic carbocycles. The molecule has 1 atom stereocenters. The fourth-order valence-corrected chi connectivity index (χ4v) is 5.76. The number of rotatable bonds is 14. The normalized spacial score (nSPS) is 13.6. The van der Waals surface area contributed by atoms with Gasteiger partial charge in [0, 0.05) is 18.2 Å². The lowest BCUT2D eigenvalue weighted by Crippen LogP contribution is -2.47.